The number of fused-ring (bicyclic) bond motifs is 1. The quantitative estimate of drug-likeness (QED) is 0.262. The van der Waals surface area contributed by atoms with Gasteiger partial charge in [-0.2, -0.15) is 0 Å². The molecule has 0 bridgehead atoms. The molecule has 3 aromatic rings. The molecule has 2 heterocycles. The maximum absolute atomic E-state index is 13.5. The number of urea groups is 1. The third kappa shape index (κ3) is 8.50. The lowest BCUT2D eigenvalue weighted by Gasteiger charge is -2.34. The molecular formula is C31H36F2N4O6S. The number of hydrogen-bond donors (Lipinski definition) is 2. The van der Waals surface area contributed by atoms with Crippen molar-refractivity contribution in [1.29, 1.82) is 0 Å². The first-order valence-corrected chi connectivity index (χ1v) is 16.4. The van der Waals surface area contributed by atoms with Gasteiger partial charge in [-0.1, -0.05) is 25.5 Å². The number of rotatable bonds is 11. The number of piperidine rings is 1. The molecule has 10 nitrogen and oxygen atoms in total. The lowest BCUT2D eigenvalue weighted by Crippen LogP contribution is -2.49. The zero-order chi connectivity index (χ0) is 31.3. The number of nitrogens with zero attached hydrogens (tertiary/aromatic N) is 2. The van der Waals surface area contributed by atoms with E-state index in [1.165, 1.54) is 12.1 Å². The molecule has 0 atom stereocenters. The van der Waals surface area contributed by atoms with E-state index in [4.69, 9.17) is 4.74 Å². The Balaban J connectivity index is 1.10. The number of carbonyl (C=O) groups is 1. The van der Waals surface area contributed by atoms with Gasteiger partial charge in [0.25, 0.3) is 0 Å². The first kappa shape index (κ1) is 31.3. The zero-order valence-corrected chi connectivity index (χ0v) is 25.4. The Morgan fingerprint density at radius 2 is 1.64 bits per heavy atom. The number of benzene rings is 3. The van der Waals surface area contributed by atoms with Crippen molar-refractivity contribution in [3.05, 3.63) is 72.3 Å². The predicted molar refractivity (Wildman–Crippen MR) is 163 cm³/mol. The monoisotopic (exact) mass is 630 g/mol. The smallest absolute Gasteiger partial charge is 0.457 e. The first-order valence-electron chi connectivity index (χ1n) is 14.5. The second kappa shape index (κ2) is 13.3. The average molecular weight is 631 g/mol. The second-order valence-electron chi connectivity index (χ2n) is 10.9. The van der Waals surface area contributed by atoms with Crippen LogP contribution in [0.1, 0.15) is 38.2 Å². The van der Waals surface area contributed by atoms with Gasteiger partial charge in [0.2, 0.25) is 10.0 Å². The number of nitrogens with one attached hydrogen (secondary N) is 2. The molecule has 0 unspecified atom stereocenters. The summed E-state index contributed by atoms with van der Waals surface area (Å²) in [4.78, 5) is 17.2. The lowest BCUT2D eigenvalue weighted by atomic mass is 10.0. The average Bonchev–Trinajstić information content (AvgIpc) is 3.29. The SMILES string of the molecule is CCCCN(C(=O)NC1CCN(Cc2ccc(Oc3ccc(NS(C)(=O)=O)cc3)cc2)CC1)c1ccc2c(c1)OC(F)(F)O2. The Morgan fingerprint density at radius 1 is 1.00 bits per heavy atom. The van der Waals surface area contributed by atoms with E-state index < -0.39 is 16.3 Å². The number of alkyl halides is 2. The largest absolute Gasteiger partial charge is 0.586 e. The van der Waals surface area contributed by atoms with Crippen LogP contribution in [0.3, 0.4) is 0 Å². The summed E-state index contributed by atoms with van der Waals surface area (Å²) < 4.78 is 67.1. The molecular weight excluding hydrogens is 594 g/mol. The van der Waals surface area contributed by atoms with Crippen molar-refractivity contribution < 1.29 is 36.2 Å². The number of unbranched alkanes of at least 4 members (excludes halogenated alkanes) is 1. The van der Waals surface area contributed by atoms with Crippen LogP contribution in [0.4, 0.5) is 25.0 Å². The third-order valence-corrected chi connectivity index (χ3v) is 7.92. The number of sulfonamides is 1. The molecule has 3 aromatic carbocycles. The molecule has 2 aliphatic heterocycles. The molecule has 0 radical (unpaired) electrons. The fourth-order valence-electron chi connectivity index (χ4n) is 5.12. The van der Waals surface area contributed by atoms with Crippen LogP contribution in [-0.4, -0.2) is 57.6 Å². The van der Waals surface area contributed by atoms with Crippen LogP contribution < -0.4 is 29.1 Å². The molecule has 2 amide bonds. The number of hydrogen-bond acceptors (Lipinski definition) is 7. The van der Waals surface area contributed by atoms with Crippen molar-refractivity contribution in [2.24, 2.45) is 0 Å². The maximum Gasteiger partial charge on any atom is 0.586 e. The van der Waals surface area contributed by atoms with Crippen LogP contribution >= 0.6 is 0 Å². The molecule has 13 heteroatoms. The number of likely N-dealkylation sites (tertiary alicyclic amines) is 1. The summed E-state index contributed by atoms with van der Waals surface area (Å²) >= 11 is 0. The molecule has 0 aliphatic carbocycles. The van der Waals surface area contributed by atoms with Crippen molar-refractivity contribution in [3.63, 3.8) is 0 Å². The van der Waals surface area contributed by atoms with Gasteiger partial charge in [-0.15, -0.1) is 8.78 Å². The van der Waals surface area contributed by atoms with E-state index in [1.54, 1.807) is 35.2 Å². The van der Waals surface area contributed by atoms with E-state index in [2.05, 4.69) is 24.4 Å². The number of amides is 2. The predicted octanol–water partition coefficient (Wildman–Crippen LogP) is 6.15. The standard InChI is InChI=1S/C31H36F2N4O6S/c1-3-4-17-37(25-9-14-28-29(20-25)43-31(32,33)42-28)30(38)34-23-15-18-36(19-16-23)21-22-5-10-26(11-6-22)41-27-12-7-24(8-13-27)35-44(2,39)40/h5-14,20,23,35H,3-4,15-19,21H2,1-2H3,(H,34,38). The summed E-state index contributed by atoms with van der Waals surface area (Å²) in [5.41, 5.74) is 2.07. The van der Waals surface area contributed by atoms with Crippen molar-refractivity contribution in [1.82, 2.24) is 10.2 Å². The first-order chi connectivity index (χ1) is 21.0. The molecule has 236 valence electrons. The normalized spacial score (nSPS) is 16.4. The molecule has 44 heavy (non-hydrogen) atoms. The van der Waals surface area contributed by atoms with Gasteiger partial charge in [0, 0.05) is 49.7 Å². The van der Waals surface area contributed by atoms with E-state index in [9.17, 15) is 22.0 Å². The third-order valence-electron chi connectivity index (χ3n) is 7.31. The Labute approximate surface area is 255 Å². The van der Waals surface area contributed by atoms with Crippen LogP contribution in [0.25, 0.3) is 0 Å². The summed E-state index contributed by atoms with van der Waals surface area (Å²) in [6.45, 7) is 4.85. The number of anilines is 2. The summed E-state index contributed by atoms with van der Waals surface area (Å²) in [7, 11) is -3.34. The van der Waals surface area contributed by atoms with Crippen LogP contribution in [-0.2, 0) is 16.6 Å². The number of carbonyl (C=O) groups excluding carboxylic acids is 1. The Bertz CT molecular complexity index is 1550. The van der Waals surface area contributed by atoms with E-state index >= 15 is 0 Å². The highest BCUT2D eigenvalue weighted by molar-refractivity contribution is 7.92. The van der Waals surface area contributed by atoms with Crippen molar-refractivity contribution >= 4 is 27.4 Å². The molecule has 0 spiro atoms. The van der Waals surface area contributed by atoms with Crippen molar-refractivity contribution in [3.8, 4) is 23.0 Å². The van der Waals surface area contributed by atoms with Crippen LogP contribution in [0.15, 0.2) is 66.7 Å². The fraction of sp³-hybridized carbons (Fsp3) is 0.387. The van der Waals surface area contributed by atoms with Gasteiger partial charge in [0.15, 0.2) is 11.5 Å². The van der Waals surface area contributed by atoms with Gasteiger partial charge < -0.3 is 19.5 Å². The summed E-state index contributed by atoms with van der Waals surface area (Å²) in [5, 5.41) is 3.13. The molecule has 1 saturated heterocycles. The molecule has 5 rings (SSSR count). The van der Waals surface area contributed by atoms with Crippen LogP contribution in [0, 0.1) is 0 Å². The van der Waals surface area contributed by atoms with E-state index in [0.717, 1.165) is 57.1 Å². The Kier molecular flexibility index (Phi) is 9.45. The van der Waals surface area contributed by atoms with E-state index in [-0.39, 0.29) is 23.6 Å². The van der Waals surface area contributed by atoms with Gasteiger partial charge >= 0.3 is 12.3 Å². The maximum atomic E-state index is 13.5. The highest BCUT2D eigenvalue weighted by Gasteiger charge is 2.43. The van der Waals surface area contributed by atoms with E-state index in [0.29, 0.717) is 29.4 Å². The minimum absolute atomic E-state index is 0.00369. The summed E-state index contributed by atoms with van der Waals surface area (Å²) in [6.07, 6.45) is 0.585. The molecule has 2 aliphatic rings. The highest BCUT2D eigenvalue weighted by Crippen LogP contribution is 2.43. The highest BCUT2D eigenvalue weighted by atomic mass is 32.2. The molecule has 1 fully saturated rings. The van der Waals surface area contributed by atoms with Crippen molar-refractivity contribution in [2.75, 3.05) is 35.5 Å². The lowest BCUT2D eigenvalue weighted by molar-refractivity contribution is -0.286. The van der Waals surface area contributed by atoms with Gasteiger partial charge in [-0.05, 0) is 73.4 Å². The summed E-state index contributed by atoms with van der Waals surface area (Å²) in [6, 6.07) is 18.6. The van der Waals surface area contributed by atoms with Gasteiger partial charge in [-0.25, -0.2) is 13.2 Å². The van der Waals surface area contributed by atoms with Crippen LogP contribution in [0.2, 0.25) is 0 Å². The fourth-order valence-corrected chi connectivity index (χ4v) is 5.68. The molecule has 0 saturated carbocycles. The summed E-state index contributed by atoms with van der Waals surface area (Å²) in [5.74, 6) is 1.12. The molecule has 2 N–H and O–H groups in total. The minimum atomic E-state index is -3.71. The number of ether oxygens (including phenoxy) is 3. The number of halogens is 2. The second-order valence-corrected chi connectivity index (χ2v) is 12.7. The minimum Gasteiger partial charge on any atom is -0.457 e. The van der Waals surface area contributed by atoms with Gasteiger partial charge in [0.05, 0.1) is 6.26 Å². The van der Waals surface area contributed by atoms with Gasteiger partial charge in [0.1, 0.15) is 11.5 Å². The topological polar surface area (TPSA) is 109 Å². The van der Waals surface area contributed by atoms with Crippen molar-refractivity contribution in [2.45, 2.75) is 51.5 Å². The molecule has 0 aromatic heterocycles. The zero-order valence-electron chi connectivity index (χ0n) is 24.6. The van der Waals surface area contributed by atoms with Gasteiger partial charge in [-0.3, -0.25) is 14.5 Å². The Morgan fingerprint density at radius 3 is 2.27 bits per heavy atom. The van der Waals surface area contributed by atoms with Crippen LogP contribution in [0.5, 0.6) is 23.0 Å². The Hall–Kier alpha value is -4.10. The van der Waals surface area contributed by atoms with E-state index in [1.807, 2.05) is 31.2 Å².